The van der Waals surface area contributed by atoms with E-state index in [0.717, 1.165) is 16.8 Å². The highest BCUT2D eigenvalue weighted by Crippen LogP contribution is 2.23. The second kappa shape index (κ2) is 6.48. The number of benzene rings is 1. The van der Waals surface area contributed by atoms with E-state index in [2.05, 4.69) is 18.8 Å². The van der Waals surface area contributed by atoms with E-state index in [9.17, 15) is 8.42 Å². The van der Waals surface area contributed by atoms with Crippen molar-refractivity contribution in [1.29, 1.82) is 0 Å². The minimum Gasteiger partial charge on any atom is -0.477 e. The number of pyridine rings is 1. The van der Waals surface area contributed by atoms with Crippen molar-refractivity contribution in [3.05, 3.63) is 42.0 Å². The number of hydrogen-bond donors (Lipinski definition) is 0. The summed E-state index contributed by atoms with van der Waals surface area (Å²) in [5.74, 6) is 1.02. The number of sulfone groups is 1. The molecule has 0 spiro atoms. The molecule has 0 aliphatic rings. The number of ether oxygens (including phenoxy) is 1. The monoisotopic (exact) mass is 319 g/mol. The quantitative estimate of drug-likeness (QED) is 0.846. The van der Waals surface area contributed by atoms with Gasteiger partial charge in [0.15, 0.2) is 9.84 Å². The topological polar surface area (TPSA) is 56.3 Å². The van der Waals surface area contributed by atoms with Crippen molar-refractivity contribution in [3.63, 3.8) is 0 Å². The highest BCUT2D eigenvalue weighted by molar-refractivity contribution is 7.90. The third-order valence-electron chi connectivity index (χ3n) is 3.09. The van der Waals surface area contributed by atoms with E-state index in [0.29, 0.717) is 23.3 Å². The van der Waals surface area contributed by atoms with E-state index in [1.807, 2.05) is 19.1 Å². The van der Waals surface area contributed by atoms with Gasteiger partial charge in [0, 0.05) is 17.9 Å². The molecule has 0 saturated carbocycles. The molecular weight excluding hydrogens is 298 g/mol. The summed E-state index contributed by atoms with van der Waals surface area (Å²) in [6.07, 6.45) is 1.20. The summed E-state index contributed by atoms with van der Waals surface area (Å²) in [5, 5.41) is 0. The van der Waals surface area contributed by atoms with Crippen LogP contribution in [0.2, 0.25) is 0 Å². The first-order valence-corrected chi connectivity index (χ1v) is 9.07. The van der Waals surface area contributed by atoms with Crippen molar-refractivity contribution in [1.82, 2.24) is 4.98 Å². The fraction of sp³-hybridized carbons (Fsp3) is 0.353. The Bertz CT molecular complexity index is 750. The molecule has 1 aromatic heterocycles. The maximum Gasteiger partial charge on any atom is 0.214 e. The lowest BCUT2D eigenvalue weighted by atomic mass is 10.1. The van der Waals surface area contributed by atoms with Crippen molar-refractivity contribution in [3.8, 4) is 17.1 Å². The molecule has 0 amide bonds. The summed E-state index contributed by atoms with van der Waals surface area (Å²) >= 11 is 0. The molecule has 2 rings (SSSR count). The van der Waals surface area contributed by atoms with Crippen molar-refractivity contribution >= 4 is 9.84 Å². The Balaban J connectivity index is 2.32. The molecule has 5 heteroatoms. The number of aromatic nitrogens is 1. The molecule has 118 valence electrons. The molecule has 0 aliphatic heterocycles. The molecule has 0 bridgehead atoms. The lowest BCUT2D eigenvalue weighted by molar-refractivity contribution is 0.261. The van der Waals surface area contributed by atoms with Gasteiger partial charge < -0.3 is 4.74 Å². The van der Waals surface area contributed by atoms with Crippen LogP contribution in [0.4, 0.5) is 0 Å². The number of nitrogens with zero attached hydrogens (tertiary/aromatic N) is 1. The molecule has 1 heterocycles. The Kier molecular flexibility index (Phi) is 4.86. The summed E-state index contributed by atoms with van der Waals surface area (Å²) in [7, 11) is -3.18. The van der Waals surface area contributed by atoms with Crippen molar-refractivity contribution in [2.24, 2.45) is 5.92 Å². The second-order valence-electron chi connectivity index (χ2n) is 5.87. The number of aryl methyl sites for hydroxylation is 1. The summed E-state index contributed by atoms with van der Waals surface area (Å²) in [6, 6.07) is 10.6. The van der Waals surface area contributed by atoms with Crippen LogP contribution >= 0.6 is 0 Å². The summed E-state index contributed by atoms with van der Waals surface area (Å²) < 4.78 is 28.7. The van der Waals surface area contributed by atoms with Crippen LogP contribution < -0.4 is 4.74 Å². The molecule has 0 N–H and O–H groups in total. The number of rotatable bonds is 5. The van der Waals surface area contributed by atoms with Gasteiger partial charge in [-0.3, -0.25) is 0 Å². The van der Waals surface area contributed by atoms with Crippen LogP contribution in [-0.4, -0.2) is 26.3 Å². The minimum absolute atomic E-state index is 0.306. The van der Waals surface area contributed by atoms with Gasteiger partial charge in [0.05, 0.1) is 17.2 Å². The maximum atomic E-state index is 11.5. The van der Waals surface area contributed by atoms with Gasteiger partial charge in [-0.1, -0.05) is 26.0 Å². The van der Waals surface area contributed by atoms with Crippen molar-refractivity contribution in [2.45, 2.75) is 25.7 Å². The lowest BCUT2D eigenvalue weighted by Gasteiger charge is -2.10. The molecule has 1 aromatic carbocycles. The average Bonchev–Trinajstić information content (AvgIpc) is 2.44. The Labute approximate surface area is 132 Å². The van der Waals surface area contributed by atoms with Gasteiger partial charge in [-0.25, -0.2) is 13.4 Å². The van der Waals surface area contributed by atoms with Gasteiger partial charge in [0.25, 0.3) is 0 Å². The van der Waals surface area contributed by atoms with Crippen LogP contribution in [0, 0.1) is 12.8 Å². The van der Waals surface area contributed by atoms with Crippen molar-refractivity contribution in [2.75, 3.05) is 12.9 Å². The van der Waals surface area contributed by atoms with Gasteiger partial charge in [0.1, 0.15) is 0 Å². The Hall–Kier alpha value is -1.88. The van der Waals surface area contributed by atoms with E-state index in [4.69, 9.17) is 4.74 Å². The van der Waals surface area contributed by atoms with E-state index in [1.165, 1.54) is 6.26 Å². The molecule has 0 unspecified atom stereocenters. The largest absolute Gasteiger partial charge is 0.477 e. The fourth-order valence-corrected chi connectivity index (χ4v) is 2.61. The molecule has 22 heavy (non-hydrogen) atoms. The third-order valence-corrected chi connectivity index (χ3v) is 4.22. The molecule has 0 aliphatic carbocycles. The first-order chi connectivity index (χ1) is 10.3. The first kappa shape index (κ1) is 16.5. The van der Waals surface area contributed by atoms with Crippen LogP contribution in [-0.2, 0) is 9.84 Å². The van der Waals surface area contributed by atoms with Crippen LogP contribution in [0.15, 0.2) is 41.3 Å². The average molecular weight is 319 g/mol. The molecular formula is C17H21NO3S. The van der Waals surface area contributed by atoms with Crippen LogP contribution in [0.3, 0.4) is 0 Å². The zero-order chi connectivity index (χ0) is 16.3. The van der Waals surface area contributed by atoms with Gasteiger partial charge in [-0.05, 0) is 36.6 Å². The van der Waals surface area contributed by atoms with E-state index in [1.54, 1.807) is 24.3 Å². The van der Waals surface area contributed by atoms with Gasteiger partial charge in [-0.2, -0.15) is 0 Å². The maximum absolute atomic E-state index is 11.5. The van der Waals surface area contributed by atoms with Gasteiger partial charge in [0.2, 0.25) is 5.88 Å². The molecule has 0 radical (unpaired) electrons. The molecule has 4 nitrogen and oxygen atoms in total. The Morgan fingerprint density at radius 3 is 2.32 bits per heavy atom. The van der Waals surface area contributed by atoms with Gasteiger partial charge in [-0.15, -0.1) is 0 Å². The zero-order valence-electron chi connectivity index (χ0n) is 13.3. The fourth-order valence-electron chi connectivity index (χ4n) is 1.98. The SMILES string of the molecule is Cc1cc(OCC(C)C)nc(-c2ccc(S(C)(=O)=O)cc2)c1. The van der Waals surface area contributed by atoms with E-state index in [-0.39, 0.29) is 0 Å². The minimum atomic E-state index is -3.18. The molecule has 0 fully saturated rings. The standard InChI is InChI=1S/C17H21NO3S/c1-12(2)11-21-17-10-13(3)9-16(18-17)14-5-7-15(8-6-14)22(4,19)20/h5-10,12H,11H2,1-4H3. The molecule has 0 atom stereocenters. The van der Waals surface area contributed by atoms with Crippen LogP contribution in [0.25, 0.3) is 11.3 Å². The van der Waals surface area contributed by atoms with Crippen molar-refractivity contribution < 1.29 is 13.2 Å². The smallest absolute Gasteiger partial charge is 0.214 e. The summed E-state index contributed by atoms with van der Waals surface area (Å²) in [6.45, 7) is 6.77. The Morgan fingerprint density at radius 1 is 1.14 bits per heavy atom. The first-order valence-electron chi connectivity index (χ1n) is 7.17. The normalized spacial score (nSPS) is 11.7. The van der Waals surface area contributed by atoms with Crippen LogP contribution in [0.1, 0.15) is 19.4 Å². The predicted molar refractivity (Wildman–Crippen MR) is 87.9 cm³/mol. The van der Waals surface area contributed by atoms with Crippen LogP contribution in [0.5, 0.6) is 5.88 Å². The summed E-state index contributed by atoms with van der Waals surface area (Å²) in [5.41, 5.74) is 2.69. The third kappa shape index (κ3) is 4.31. The molecule has 2 aromatic rings. The Morgan fingerprint density at radius 2 is 1.77 bits per heavy atom. The molecule has 0 saturated heterocycles. The highest BCUT2D eigenvalue weighted by atomic mass is 32.2. The second-order valence-corrected chi connectivity index (χ2v) is 7.89. The number of hydrogen-bond acceptors (Lipinski definition) is 4. The lowest BCUT2D eigenvalue weighted by Crippen LogP contribution is -2.06. The van der Waals surface area contributed by atoms with E-state index < -0.39 is 9.84 Å². The summed E-state index contributed by atoms with van der Waals surface area (Å²) in [4.78, 5) is 4.80. The van der Waals surface area contributed by atoms with Gasteiger partial charge >= 0.3 is 0 Å². The zero-order valence-corrected chi connectivity index (χ0v) is 14.1. The highest BCUT2D eigenvalue weighted by Gasteiger charge is 2.09. The predicted octanol–water partition coefficient (Wildman–Crippen LogP) is 3.50. The van der Waals surface area contributed by atoms with E-state index >= 15 is 0 Å².